The van der Waals surface area contributed by atoms with E-state index in [1.54, 1.807) is 81.6 Å². The lowest BCUT2D eigenvalue weighted by Crippen LogP contribution is -2.27. The number of Topliss-reactive ketones (excluding diaryl/α,β-unsaturated/α-hetero) is 2. The minimum atomic E-state index is -0.903. The topological polar surface area (TPSA) is 212 Å². The minimum absolute atomic E-state index is 0.0217. The Morgan fingerprint density at radius 3 is 1.42 bits per heavy atom. The summed E-state index contributed by atoms with van der Waals surface area (Å²) in [6.45, 7) is 5.21. The Morgan fingerprint density at radius 2 is 0.972 bits per heavy atom. The van der Waals surface area contributed by atoms with Gasteiger partial charge in [-0.1, -0.05) is 48.5 Å². The van der Waals surface area contributed by atoms with Gasteiger partial charge in [-0.15, -0.1) is 0 Å². The smallest absolute Gasteiger partial charge is 0.412 e. The van der Waals surface area contributed by atoms with E-state index in [-0.39, 0.29) is 36.1 Å². The van der Waals surface area contributed by atoms with E-state index in [0.717, 1.165) is 70.7 Å². The van der Waals surface area contributed by atoms with E-state index in [1.165, 1.54) is 37.4 Å². The number of carboxylic acids is 1. The molecule has 6 aromatic rings. The maximum Gasteiger partial charge on any atom is 0.412 e. The van der Waals surface area contributed by atoms with Gasteiger partial charge in [-0.25, -0.2) is 23.2 Å². The van der Waals surface area contributed by atoms with Crippen LogP contribution < -0.4 is 11.1 Å². The number of nitrogens with two attached hydrogens (primary N) is 1. The summed E-state index contributed by atoms with van der Waals surface area (Å²) in [6.07, 6.45) is 10.0. The number of nitrogens with one attached hydrogen (secondary N) is 1. The van der Waals surface area contributed by atoms with E-state index in [0.29, 0.717) is 39.1 Å². The first-order valence-corrected chi connectivity index (χ1v) is 22.7. The van der Waals surface area contributed by atoms with Gasteiger partial charge in [0.2, 0.25) is 0 Å². The lowest BCUT2D eigenvalue weighted by molar-refractivity contribution is 0.0597. The molecular weight excluding hydrogens is 923 g/mol. The van der Waals surface area contributed by atoms with Gasteiger partial charge in [0.05, 0.1) is 46.7 Å². The molecule has 0 unspecified atom stereocenters. The molecule has 10 rings (SSSR count). The summed E-state index contributed by atoms with van der Waals surface area (Å²) in [5.74, 6) is -2.31. The van der Waals surface area contributed by atoms with Crippen molar-refractivity contribution < 1.29 is 47.3 Å². The van der Waals surface area contributed by atoms with Gasteiger partial charge >= 0.3 is 18.0 Å². The van der Waals surface area contributed by atoms with E-state index < -0.39 is 29.3 Å². The van der Waals surface area contributed by atoms with Crippen LogP contribution in [0.2, 0.25) is 0 Å². The number of carbonyl (C=O) groups excluding carboxylic acids is 4. The summed E-state index contributed by atoms with van der Waals surface area (Å²) in [5.41, 5.74) is 16.5. The zero-order valence-corrected chi connectivity index (χ0v) is 39.9. The van der Waals surface area contributed by atoms with Gasteiger partial charge in [0.15, 0.2) is 11.6 Å². The van der Waals surface area contributed by atoms with Crippen LogP contribution >= 0.6 is 0 Å². The van der Waals surface area contributed by atoms with E-state index in [9.17, 15) is 32.8 Å². The number of hydrogen-bond donors (Lipinski definition) is 3. The quantitative estimate of drug-likeness (QED) is 0.0713. The second kappa shape index (κ2) is 22.8. The second-order valence-corrected chi connectivity index (χ2v) is 17.7. The van der Waals surface area contributed by atoms with Crippen molar-refractivity contribution in [3.63, 3.8) is 0 Å². The summed E-state index contributed by atoms with van der Waals surface area (Å²) in [5, 5.41) is 11.2. The average molecular weight is 973 g/mol. The maximum atomic E-state index is 13.7. The molecule has 6 aromatic carbocycles. The molecule has 0 bridgehead atoms. The van der Waals surface area contributed by atoms with Gasteiger partial charge in [0.1, 0.15) is 17.2 Å². The number of esters is 1. The van der Waals surface area contributed by atoms with Crippen molar-refractivity contribution in [2.45, 2.75) is 64.9 Å². The van der Waals surface area contributed by atoms with Crippen LogP contribution in [0.15, 0.2) is 129 Å². The molecule has 4 aliphatic heterocycles. The SMILES string of the molecule is CC(C)(C)OC(=O)Nc1cc(F)ccc1CC(=O)c1ccc2c(c1)N=CC2.COC(=O)c1ccc2c(c1)N=CC2.Nc1cc(F)ccc1CC(=O)c1ccc2c(c1)N=CC2.O=C(O)c1ccc2c(c1)N=CC2. The highest BCUT2D eigenvalue weighted by Gasteiger charge is 2.20. The number of carboxylic acid groups (broad SMARTS) is 1. The zero-order chi connectivity index (χ0) is 51.5. The number of ether oxygens (including phenoxy) is 2. The van der Waals surface area contributed by atoms with Crippen LogP contribution in [0.5, 0.6) is 0 Å². The van der Waals surface area contributed by atoms with Crippen LogP contribution in [0.3, 0.4) is 0 Å². The normalized spacial score (nSPS) is 12.6. The van der Waals surface area contributed by atoms with Gasteiger partial charge in [-0.2, -0.15) is 0 Å². The first-order chi connectivity index (χ1) is 34.4. The number of hydrogen-bond acceptors (Lipinski definition) is 12. The van der Waals surface area contributed by atoms with Gasteiger partial charge in [0.25, 0.3) is 0 Å². The Bertz CT molecular complexity index is 3230. The number of ketones is 2. The first-order valence-electron chi connectivity index (χ1n) is 22.7. The predicted molar refractivity (Wildman–Crippen MR) is 275 cm³/mol. The van der Waals surface area contributed by atoms with Crippen LogP contribution in [0, 0.1) is 11.6 Å². The maximum absolute atomic E-state index is 13.7. The fourth-order valence-corrected chi connectivity index (χ4v) is 7.63. The fourth-order valence-electron chi connectivity index (χ4n) is 7.63. The highest BCUT2D eigenvalue weighted by Crippen LogP contribution is 2.30. The van der Waals surface area contributed by atoms with Gasteiger partial charge in [0, 0.05) is 80.2 Å². The molecule has 4 heterocycles. The van der Waals surface area contributed by atoms with Crippen LogP contribution in [0.1, 0.15) is 95.6 Å². The molecule has 0 saturated heterocycles. The predicted octanol–water partition coefficient (Wildman–Crippen LogP) is 11.3. The Balaban J connectivity index is 0.000000148. The van der Waals surface area contributed by atoms with Crippen molar-refractivity contribution in [3.05, 3.63) is 176 Å². The zero-order valence-electron chi connectivity index (χ0n) is 39.9. The number of aromatic carboxylic acids is 1. The molecule has 4 N–H and O–H groups in total. The van der Waals surface area contributed by atoms with Crippen LogP contribution in [-0.4, -0.2) is 72.3 Å². The lowest BCUT2D eigenvalue weighted by Gasteiger charge is -2.20. The number of benzene rings is 6. The number of halogens is 2. The largest absolute Gasteiger partial charge is 0.478 e. The molecule has 0 fully saturated rings. The number of amides is 1. The molecule has 72 heavy (non-hydrogen) atoms. The van der Waals surface area contributed by atoms with Crippen LogP contribution in [0.4, 0.5) is 47.7 Å². The molecule has 16 heteroatoms. The van der Waals surface area contributed by atoms with Crippen molar-refractivity contribution in [1.29, 1.82) is 0 Å². The molecule has 0 spiro atoms. The number of nitrogens with zero attached hydrogens (tertiary/aromatic N) is 4. The third kappa shape index (κ3) is 13.5. The molecule has 1 amide bonds. The molecule has 366 valence electrons. The van der Waals surface area contributed by atoms with Crippen molar-refractivity contribution in [2.75, 3.05) is 18.2 Å². The number of anilines is 2. The number of aliphatic imine (C=N–C) groups is 4. The summed E-state index contributed by atoms with van der Waals surface area (Å²) >= 11 is 0. The van der Waals surface area contributed by atoms with Gasteiger partial charge in [-0.05, 0) is 115 Å². The van der Waals surface area contributed by atoms with Crippen molar-refractivity contribution in [2.24, 2.45) is 20.0 Å². The average Bonchev–Trinajstić information content (AvgIpc) is 4.20. The minimum Gasteiger partial charge on any atom is -0.478 e. The number of methoxy groups -OCH3 is 1. The standard InChI is InChI=1S/C21H21FN2O3.C16H13FN2O.C10H9NO2.C9H7NO2/c1-21(2,3)27-20(26)24-18-12-16(22)7-6-14(18)11-19(25)15-5-4-13-8-9-23-17(13)10-15;17-13-4-3-11(14(18)9-13)8-16(20)12-2-1-10-5-6-19-15(10)7-12;1-13-10(12)8-3-2-7-4-5-11-9(7)6-8;11-9(12)7-2-1-6-3-4-10-8(6)5-7/h4-7,9-10,12H,8,11H2,1-3H3,(H,24,26);1-4,6-7,9H,5,8,18H2;2-3,5-6H,4H2,1H3;1-2,4-5H,3H2,(H,11,12). The Hall–Kier alpha value is -8.79. The Kier molecular flexibility index (Phi) is 16.1. The Morgan fingerprint density at radius 1 is 0.569 bits per heavy atom. The molecule has 0 aromatic heterocycles. The van der Waals surface area contributed by atoms with Gasteiger partial charge < -0.3 is 20.3 Å². The summed E-state index contributed by atoms with van der Waals surface area (Å²) < 4.78 is 36.4. The molecule has 0 aliphatic carbocycles. The van der Waals surface area contributed by atoms with E-state index in [2.05, 4.69) is 30.0 Å². The third-order valence-electron chi connectivity index (χ3n) is 11.3. The number of carbonyl (C=O) groups is 5. The molecular formula is C56H50F2N6O8. The molecule has 0 radical (unpaired) electrons. The second-order valence-electron chi connectivity index (χ2n) is 17.7. The van der Waals surface area contributed by atoms with Crippen molar-refractivity contribution in [1.82, 2.24) is 0 Å². The van der Waals surface area contributed by atoms with Gasteiger partial charge in [-0.3, -0.25) is 34.9 Å². The first kappa shape index (κ1) is 51.1. The van der Waals surface area contributed by atoms with E-state index >= 15 is 0 Å². The fraction of sp³-hybridized carbons (Fsp3) is 0.196. The van der Waals surface area contributed by atoms with Crippen molar-refractivity contribution in [3.8, 4) is 0 Å². The molecule has 4 aliphatic rings. The van der Waals surface area contributed by atoms with Crippen LogP contribution in [-0.2, 0) is 48.0 Å². The van der Waals surface area contributed by atoms with Crippen molar-refractivity contribution >= 4 is 88.6 Å². The van der Waals surface area contributed by atoms with E-state index in [1.807, 2.05) is 42.9 Å². The van der Waals surface area contributed by atoms with Crippen LogP contribution in [0.25, 0.3) is 0 Å². The number of fused-ring (bicyclic) bond motifs is 4. The molecule has 14 nitrogen and oxygen atoms in total. The third-order valence-corrected chi connectivity index (χ3v) is 11.3. The monoisotopic (exact) mass is 972 g/mol. The molecule has 0 saturated carbocycles. The number of nitrogen functional groups attached to an aromatic ring is 1. The summed E-state index contributed by atoms with van der Waals surface area (Å²) in [6, 6.07) is 29.4. The number of rotatable bonds is 9. The Labute approximate surface area is 414 Å². The lowest BCUT2D eigenvalue weighted by atomic mass is 9.99. The summed E-state index contributed by atoms with van der Waals surface area (Å²) in [7, 11) is 1.37. The molecule has 0 atom stereocenters. The van der Waals surface area contributed by atoms with E-state index in [4.69, 9.17) is 15.6 Å². The highest BCUT2D eigenvalue weighted by molar-refractivity contribution is 6.01. The highest BCUT2D eigenvalue weighted by atomic mass is 19.1. The summed E-state index contributed by atoms with van der Waals surface area (Å²) in [4.78, 5) is 75.3.